The van der Waals surface area contributed by atoms with Crippen molar-refractivity contribution in [3.8, 4) is 0 Å². The average Bonchev–Trinajstić information content (AvgIpc) is 2.63. The first kappa shape index (κ1) is 16.7. The van der Waals surface area contributed by atoms with Gasteiger partial charge in [0.2, 0.25) is 5.91 Å². The third-order valence-electron chi connectivity index (χ3n) is 4.31. The first-order chi connectivity index (χ1) is 12.0. The number of amides is 1. The average molecular weight is 337 g/mol. The van der Waals surface area contributed by atoms with Crippen LogP contribution in [0.5, 0.6) is 0 Å². The molecule has 0 radical (unpaired) electrons. The van der Waals surface area contributed by atoms with Gasteiger partial charge in [-0.2, -0.15) is 0 Å². The Morgan fingerprint density at radius 2 is 1.60 bits per heavy atom. The predicted molar refractivity (Wildman–Crippen MR) is 96.5 cm³/mol. The van der Waals surface area contributed by atoms with Crippen LogP contribution in [0.3, 0.4) is 0 Å². The minimum absolute atomic E-state index is 0.193. The summed E-state index contributed by atoms with van der Waals surface area (Å²) in [4.78, 5) is 36.7. The quantitative estimate of drug-likeness (QED) is 0.730. The molecule has 1 aromatic heterocycles. The molecule has 0 aliphatic carbocycles. The third kappa shape index (κ3) is 3.24. The zero-order chi connectivity index (χ0) is 18.0. The number of carbonyl (C=O) groups is 1. The molecule has 1 N–H and O–H groups in total. The van der Waals surface area contributed by atoms with E-state index in [1.807, 2.05) is 31.2 Å². The van der Waals surface area contributed by atoms with Gasteiger partial charge in [-0.15, -0.1) is 0 Å². The molecule has 0 saturated heterocycles. The maximum absolute atomic E-state index is 12.3. The maximum atomic E-state index is 12.3. The molecule has 6 nitrogen and oxygen atoms in total. The zero-order valence-electron chi connectivity index (χ0n) is 14.2. The highest BCUT2D eigenvalue weighted by Crippen LogP contribution is 2.09. The highest BCUT2D eigenvalue weighted by atomic mass is 16.2. The first-order valence-corrected chi connectivity index (χ1v) is 7.99. The Morgan fingerprint density at radius 1 is 0.960 bits per heavy atom. The Balaban J connectivity index is 1.88. The molecule has 0 aliphatic rings. The lowest BCUT2D eigenvalue weighted by Crippen LogP contribution is -2.43. The molecule has 0 spiro atoms. The van der Waals surface area contributed by atoms with Gasteiger partial charge in [0.05, 0.1) is 11.0 Å². The molecule has 0 atom stereocenters. The van der Waals surface area contributed by atoms with Crippen LogP contribution in [0.25, 0.3) is 11.0 Å². The number of aromatic nitrogens is 2. The van der Waals surface area contributed by atoms with E-state index in [0.717, 1.165) is 11.1 Å². The molecule has 0 unspecified atom stereocenters. The Morgan fingerprint density at radius 3 is 2.32 bits per heavy atom. The number of nitrogens with zero attached hydrogens (tertiary/aromatic N) is 2. The summed E-state index contributed by atoms with van der Waals surface area (Å²) in [7, 11) is 1.55. The van der Waals surface area contributed by atoms with Gasteiger partial charge in [0, 0.05) is 13.6 Å². The molecule has 2 aromatic carbocycles. The van der Waals surface area contributed by atoms with Crippen LogP contribution >= 0.6 is 0 Å². The number of hydrogen-bond donors (Lipinski definition) is 1. The van der Waals surface area contributed by atoms with Crippen LogP contribution in [0.2, 0.25) is 0 Å². The molecule has 3 rings (SSSR count). The van der Waals surface area contributed by atoms with Crippen LogP contribution in [0.4, 0.5) is 0 Å². The number of para-hydroxylation sites is 2. The number of rotatable bonds is 4. The normalized spacial score (nSPS) is 10.8. The topological polar surface area (TPSA) is 73.1 Å². The van der Waals surface area contributed by atoms with E-state index in [0.29, 0.717) is 17.6 Å². The van der Waals surface area contributed by atoms with Gasteiger partial charge in [0.1, 0.15) is 6.54 Å². The number of benzene rings is 2. The molecule has 0 bridgehead atoms. The van der Waals surface area contributed by atoms with Crippen molar-refractivity contribution in [2.45, 2.75) is 20.0 Å². The lowest BCUT2D eigenvalue weighted by Gasteiger charge is -2.13. The molecular formula is C19H19N3O3. The van der Waals surface area contributed by atoms with Crippen LogP contribution in [-0.4, -0.2) is 15.0 Å². The molecule has 0 aliphatic heterocycles. The van der Waals surface area contributed by atoms with E-state index in [9.17, 15) is 14.4 Å². The summed E-state index contributed by atoms with van der Waals surface area (Å²) in [6.07, 6.45) is 0. The van der Waals surface area contributed by atoms with Crippen LogP contribution < -0.4 is 16.4 Å². The van der Waals surface area contributed by atoms with Crippen molar-refractivity contribution in [2.24, 2.45) is 7.05 Å². The van der Waals surface area contributed by atoms with E-state index in [4.69, 9.17) is 0 Å². The molecule has 1 heterocycles. The summed E-state index contributed by atoms with van der Waals surface area (Å²) in [5.74, 6) is -0.316. The maximum Gasteiger partial charge on any atom is 0.317 e. The van der Waals surface area contributed by atoms with Crippen molar-refractivity contribution in [3.05, 3.63) is 80.4 Å². The molecule has 6 heteroatoms. The van der Waals surface area contributed by atoms with Gasteiger partial charge < -0.3 is 9.88 Å². The largest absolute Gasteiger partial charge is 0.350 e. The molecule has 0 fully saturated rings. The molecule has 1 amide bonds. The minimum Gasteiger partial charge on any atom is -0.350 e. The van der Waals surface area contributed by atoms with Crippen LogP contribution in [-0.2, 0) is 24.9 Å². The van der Waals surface area contributed by atoms with Gasteiger partial charge in [-0.1, -0.05) is 36.4 Å². The van der Waals surface area contributed by atoms with Gasteiger partial charge in [0.15, 0.2) is 0 Å². The first-order valence-electron chi connectivity index (χ1n) is 7.99. The van der Waals surface area contributed by atoms with Gasteiger partial charge >= 0.3 is 11.1 Å². The summed E-state index contributed by atoms with van der Waals surface area (Å²) in [5, 5.41) is 2.81. The lowest BCUT2D eigenvalue weighted by atomic mass is 10.1. The van der Waals surface area contributed by atoms with Crippen molar-refractivity contribution < 1.29 is 4.79 Å². The third-order valence-corrected chi connectivity index (χ3v) is 4.31. The standard InChI is InChI=1S/C19H19N3O3/c1-13-7-3-4-8-14(13)11-20-17(23)12-22-16-10-6-5-9-15(16)21(2)18(24)19(22)25/h3-10H,11-12H2,1-2H3,(H,20,23). The van der Waals surface area contributed by atoms with Crippen LogP contribution in [0.1, 0.15) is 11.1 Å². The number of fused-ring (bicyclic) bond motifs is 1. The predicted octanol–water partition coefficient (Wildman–Crippen LogP) is 1.33. The van der Waals surface area contributed by atoms with E-state index < -0.39 is 11.1 Å². The van der Waals surface area contributed by atoms with Crippen molar-refractivity contribution >= 4 is 16.9 Å². The fourth-order valence-corrected chi connectivity index (χ4v) is 2.81. The monoisotopic (exact) mass is 337 g/mol. The Hall–Kier alpha value is -3.15. The SMILES string of the molecule is Cc1ccccc1CNC(=O)Cn1c(=O)c(=O)n(C)c2ccccc21. The highest BCUT2D eigenvalue weighted by molar-refractivity contribution is 5.80. The summed E-state index contributed by atoms with van der Waals surface area (Å²) < 4.78 is 2.53. The summed E-state index contributed by atoms with van der Waals surface area (Å²) >= 11 is 0. The second-order valence-electron chi connectivity index (χ2n) is 5.95. The van der Waals surface area contributed by atoms with Crippen molar-refractivity contribution in [1.82, 2.24) is 14.5 Å². The van der Waals surface area contributed by atoms with Crippen molar-refractivity contribution in [3.63, 3.8) is 0 Å². The second-order valence-corrected chi connectivity index (χ2v) is 5.95. The highest BCUT2D eigenvalue weighted by Gasteiger charge is 2.13. The number of carbonyl (C=O) groups excluding carboxylic acids is 1. The number of aryl methyl sites for hydroxylation is 2. The zero-order valence-corrected chi connectivity index (χ0v) is 14.2. The van der Waals surface area contributed by atoms with Gasteiger partial charge in [-0.3, -0.25) is 19.0 Å². The van der Waals surface area contributed by atoms with Crippen molar-refractivity contribution in [2.75, 3.05) is 0 Å². The van der Waals surface area contributed by atoms with Gasteiger partial charge in [0.25, 0.3) is 0 Å². The van der Waals surface area contributed by atoms with E-state index in [2.05, 4.69) is 5.32 Å². The smallest absolute Gasteiger partial charge is 0.317 e. The fourth-order valence-electron chi connectivity index (χ4n) is 2.81. The molecular weight excluding hydrogens is 318 g/mol. The Kier molecular flexibility index (Phi) is 4.52. The minimum atomic E-state index is -0.702. The molecule has 3 aromatic rings. The van der Waals surface area contributed by atoms with Crippen molar-refractivity contribution in [1.29, 1.82) is 0 Å². The summed E-state index contributed by atoms with van der Waals surface area (Å²) in [6, 6.07) is 14.8. The molecule has 25 heavy (non-hydrogen) atoms. The molecule has 128 valence electrons. The van der Waals surface area contributed by atoms with E-state index in [-0.39, 0.29) is 12.5 Å². The van der Waals surface area contributed by atoms with Crippen LogP contribution in [0, 0.1) is 6.92 Å². The summed E-state index contributed by atoms with van der Waals surface area (Å²) in [6.45, 7) is 2.16. The fraction of sp³-hybridized carbons (Fsp3) is 0.211. The summed E-state index contributed by atoms with van der Waals surface area (Å²) in [5.41, 5.74) is 1.91. The number of nitrogens with one attached hydrogen (secondary N) is 1. The second kappa shape index (κ2) is 6.76. The van der Waals surface area contributed by atoms with E-state index in [1.54, 1.807) is 31.3 Å². The Labute approximate surface area is 144 Å². The van der Waals surface area contributed by atoms with Crippen LogP contribution in [0.15, 0.2) is 58.1 Å². The lowest BCUT2D eigenvalue weighted by molar-refractivity contribution is -0.121. The van der Waals surface area contributed by atoms with E-state index >= 15 is 0 Å². The molecule has 0 saturated carbocycles. The Bertz CT molecular complexity index is 1060. The van der Waals surface area contributed by atoms with E-state index in [1.165, 1.54) is 9.13 Å². The van der Waals surface area contributed by atoms with Gasteiger partial charge in [-0.05, 0) is 30.2 Å². The number of hydrogen-bond acceptors (Lipinski definition) is 3. The van der Waals surface area contributed by atoms with Gasteiger partial charge in [-0.25, -0.2) is 0 Å².